The molecule has 2 aromatic heterocycles. The molecule has 21 heavy (non-hydrogen) atoms. The monoisotopic (exact) mass is 286 g/mol. The zero-order valence-electron chi connectivity index (χ0n) is 10.7. The van der Waals surface area contributed by atoms with Gasteiger partial charge in [-0.3, -0.25) is 4.40 Å². The Balaban J connectivity index is 2.26. The van der Waals surface area contributed by atoms with Gasteiger partial charge < -0.3 is 0 Å². The molecule has 2 aromatic carbocycles. The minimum atomic E-state index is -4.35. The molecule has 0 N–H and O–H groups in total. The number of fused-ring (bicyclic) bond motifs is 6. The fourth-order valence-corrected chi connectivity index (χ4v) is 2.75. The predicted octanol–water partition coefficient (Wildman–Crippen LogP) is 4.66. The van der Waals surface area contributed by atoms with Gasteiger partial charge in [-0.05, 0) is 23.6 Å². The molecular formula is C16H9F3N2. The molecule has 0 fully saturated rings. The van der Waals surface area contributed by atoms with Gasteiger partial charge in [0.1, 0.15) is 5.65 Å². The normalized spacial score (nSPS) is 12.5. The Bertz CT molecular complexity index is 983. The van der Waals surface area contributed by atoms with Gasteiger partial charge in [0, 0.05) is 23.2 Å². The van der Waals surface area contributed by atoms with E-state index in [4.69, 9.17) is 0 Å². The van der Waals surface area contributed by atoms with Crippen molar-refractivity contribution in [3.63, 3.8) is 0 Å². The van der Waals surface area contributed by atoms with Gasteiger partial charge in [-0.15, -0.1) is 0 Å². The highest BCUT2D eigenvalue weighted by atomic mass is 19.4. The number of pyridine rings is 1. The number of hydrogen-bond acceptors (Lipinski definition) is 1. The number of para-hydroxylation sites is 1. The number of halogens is 3. The summed E-state index contributed by atoms with van der Waals surface area (Å²) in [5.74, 6) is 0. The first-order chi connectivity index (χ1) is 10.1. The summed E-state index contributed by atoms with van der Waals surface area (Å²) in [6, 6.07) is 11.2. The summed E-state index contributed by atoms with van der Waals surface area (Å²) in [6.07, 6.45) is -0.884. The van der Waals surface area contributed by atoms with Crippen molar-refractivity contribution in [2.75, 3.05) is 0 Å². The number of imidazole rings is 1. The molecule has 4 rings (SSSR count). The van der Waals surface area contributed by atoms with Gasteiger partial charge in [-0.25, -0.2) is 4.98 Å². The molecule has 0 saturated heterocycles. The maximum atomic E-state index is 12.9. The van der Waals surface area contributed by atoms with Crippen molar-refractivity contribution in [3.05, 3.63) is 60.4 Å². The molecule has 5 heteroatoms. The average Bonchev–Trinajstić information content (AvgIpc) is 2.96. The van der Waals surface area contributed by atoms with Crippen molar-refractivity contribution >= 4 is 27.3 Å². The van der Waals surface area contributed by atoms with Gasteiger partial charge >= 0.3 is 6.18 Å². The van der Waals surface area contributed by atoms with E-state index in [0.29, 0.717) is 16.4 Å². The second-order valence-corrected chi connectivity index (χ2v) is 4.90. The third-order valence-corrected chi connectivity index (χ3v) is 3.68. The van der Waals surface area contributed by atoms with Gasteiger partial charge in [0.15, 0.2) is 0 Å². The molecule has 0 aliphatic rings. The molecule has 0 aliphatic carbocycles. The molecule has 0 unspecified atom stereocenters. The van der Waals surface area contributed by atoms with E-state index >= 15 is 0 Å². The van der Waals surface area contributed by atoms with Crippen molar-refractivity contribution in [3.8, 4) is 0 Å². The Morgan fingerprint density at radius 2 is 1.71 bits per heavy atom. The second kappa shape index (κ2) is 3.97. The van der Waals surface area contributed by atoms with E-state index in [-0.39, 0.29) is 0 Å². The van der Waals surface area contributed by atoms with E-state index in [0.717, 1.165) is 17.0 Å². The van der Waals surface area contributed by atoms with Crippen LogP contribution < -0.4 is 0 Å². The SMILES string of the molecule is FC(F)(F)c1ccc2c(c1)c1ccccc1n1ccnc21. The average molecular weight is 286 g/mol. The van der Waals surface area contributed by atoms with Gasteiger partial charge in [0.05, 0.1) is 11.1 Å². The molecule has 0 aliphatic heterocycles. The maximum absolute atomic E-state index is 12.9. The number of rotatable bonds is 0. The Morgan fingerprint density at radius 1 is 0.905 bits per heavy atom. The molecule has 0 spiro atoms. The lowest BCUT2D eigenvalue weighted by molar-refractivity contribution is -0.137. The third kappa shape index (κ3) is 1.70. The molecule has 0 radical (unpaired) electrons. The van der Waals surface area contributed by atoms with Crippen LogP contribution in [0.5, 0.6) is 0 Å². The standard InChI is InChI=1S/C16H9F3N2/c17-16(18,19)10-5-6-12-13(9-10)11-3-1-2-4-14(11)21-8-7-20-15(12)21/h1-9H. The number of hydrogen-bond donors (Lipinski definition) is 0. The molecule has 4 aromatic rings. The van der Waals surface area contributed by atoms with Crippen LogP contribution in [0.2, 0.25) is 0 Å². The highest BCUT2D eigenvalue weighted by molar-refractivity contribution is 6.11. The lowest BCUT2D eigenvalue weighted by Gasteiger charge is -2.11. The summed E-state index contributed by atoms with van der Waals surface area (Å²) in [4.78, 5) is 4.27. The van der Waals surface area contributed by atoms with E-state index in [1.165, 1.54) is 12.1 Å². The van der Waals surface area contributed by atoms with Crippen LogP contribution in [0.4, 0.5) is 13.2 Å². The van der Waals surface area contributed by atoms with Crippen LogP contribution in [0.25, 0.3) is 27.3 Å². The Hall–Kier alpha value is -2.56. The van der Waals surface area contributed by atoms with Gasteiger partial charge in [0.25, 0.3) is 0 Å². The zero-order valence-corrected chi connectivity index (χ0v) is 10.7. The predicted molar refractivity (Wildman–Crippen MR) is 75.2 cm³/mol. The van der Waals surface area contributed by atoms with Crippen LogP contribution >= 0.6 is 0 Å². The highest BCUT2D eigenvalue weighted by Crippen LogP contribution is 2.35. The minimum Gasteiger partial charge on any atom is -0.299 e. The van der Waals surface area contributed by atoms with Crippen LogP contribution in [0.3, 0.4) is 0 Å². The summed E-state index contributed by atoms with van der Waals surface area (Å²) in [6.45, 7) is 0. The van der Waals surface area contributed by atoms with Crippen molar-refractivity contribution < 1.29 is 13.2 Å². The van der Waals surface area contributed by atoms with Gasteiger partial charge in [0.2, 0.25) is 0 Å². The van der Waals surface area contributed by atoms with Crippen LogP contribution in [-0.4, -0.2) is 9.38 Å². The number of alkyl halides is 3. The van der Waals surface area contributed by atoms with Gasteiger partial charge in [-0.1, -0.05) is 24.3 Å². The fraction of sp³-hybridized carbons (Fsp3) is 0.0625. The molecule has 0 atom stereocenters. The lowest BCUT2D eigenvalue weighted by Crippen LogP contribution is -2.04. The lowest BCUT2D eigenvalue weighted by atomic mass is 10.0. The summed E-state index contributed by atoms with van der Waals surface area (Å²) in [5, 5.41) is 2.06. The minimum absolute atomic E-state index is 0.569. The molecule has 0 saturated carbocycles. The van der Waals surface area contributed by atoms with E-state index in [1.54, 1.807) is 6.20 Å². The number of aromatic nitrogens is 2. The second-order valence-electron chi connectivity index (χ2n) is 4.90. The summed E-state index contributed by atoms with van der Waals surface area (Å²) in [5.41, 5.74) is 0.866. The maximum Gasteiger partial charge on any atom is 0.416 e. The van der Waals surface area contributed by atoms with Crippen molar-refractivity contribution in [1.29, 1.82) is 0 Å². The molecule has 0 bridgehead atoms. The smallest absolute Gasteiger partial charge is 0.299 e. The number of benzene rings is 2. The van der Waals surface area contributed by atoms with Crippen molar-refractivity contribution in [1.82, 2.24) is 9.38 Å². The largest absolute Gasteiger partial charge is 0.416 e. The zero-order chi connectivity index (χ0) is 14.6. The first-order valence-electron chi connectivity index (χ1n) is 6.40. The summed E-state index contributed by atoms with van der Waals surface area (Å²) in [7, 11) is 0. The Morgan fingerprint density at radius 3 is 2.52 bits per heavy atom. The van der Waals surface area contributed by atoms with Crippen LogP contribution in [0.1, 0.15) is 5.56 Å². The molecule has 104 valence electrons. The molecule has 2 heterocycles. The third-order valence-electron chi connectivity index (χ3n) is 3.68. The van der Waals surface area contributed by atoms with E-state index in [2.05, 4.69) is 4.98 Å². The summed E-state index contributed by atoms with van der Waals surface area (Å²) < 4.78 is 40.7. The Labute approximate surface area is 117 Å². The fourth-order valence-electron chi connectivity index (χ4n) is 2.75. The van der Waals surface area contributed by atoms with Crippen molar-refractivity contribution in [2.45, 2.75) is 6.18 Å². The molecule has 2 nitrogen and oxygen atoms in total. The topological polar surface area (TPSA) is 17.3 Å². The number of nitrogens with zero attached hydrogens (tertiary/aromatic N) is 2. The van der Waals surface area contributed by atoms with Crippen LogP contribution in [0, 0.1) is 0 Å². The Kier molecular flexibility index (Phi) is 2.31. The highest BCUT2D eigenvalue weighted by Gasteiger charge is 2.30. The molecular weight excluding hydrogens is 277 g/mol. The first-order valence-corrected chi connectivity index (χ1v) is 6.40. The molecule has 0 amide bonds. The first kappa shape index (κ1) is 12.2. The van der Waals surface area contributed by atoms with E-state index in [1.807, 2.05) is 34.9 Å². The van der Waals surface area contributed by atoms with E-state index in [9.17, 15) is 13.2 Å². The summed E-state index contributed by atoms with van der Waals surface area (Å²) >= 11 is 0. The van der Waals surface area contributed by atoms with Crippen LogP contribution in [-0.2, 0) is 6.18 Å². The van der Waals surface area contributed by atoms with Gasteiger partial charge in [-0.2, -0.15) is 13.2 Å². The van der Waals surface area contributed by atoms with Crippen molar-refractivity contribution in [2.24, 2.45) is 0 Å². The quantitative estimate of drug-likeness (QED) is 0.430. The van der Waals surface area contributed by atoms with E-state index < -0.39 is 11.7 Å². The van der Waals surface area contributed by atoms with Crippen LogP contribution in [0.15, 0.2) is 54.9 Å².